The summed E-state index contributed by atoms with van der Waals surface area (Å²) in [6, 6.07) is 8.64. The van der Waals surface area contributed by atoms with Crippen molar-refractivity contribution in [2.45, 2.75) is 33.7 Å². The number of hydrogen-bond donors (Lipinski definition) is 1. The van der Waals surface area contributed by atoms with Crippen LogP contribution in [-0.2, 0) is 6.54 Å². The van der Waals surface area contributed by atoms with Crippen molar-refractivity contribution >= 4 is 5.69 Å². The van der Waals surface area contributed by atoms with Crippen molar-refractivity contribution in [3.05, 3.63) is 29.8 Å². The minimum absolute atomic E-state index is 0.417. The molecule has 0 aromatic heterocycles. The lowest BCUT2D eigenvalue weighted by atomic mass is 9.80. The highest BCUT2D eigenvalue weighted by Crippen LogP contribution is 2.35. The lowest BCUT2D eigenvalue weighted by Gasteiger charge is -2.27. The van der Waals surface area contributed by atoms with Crippen molar-refractivity contribution in [3.63, 3.8) is 0 Å². The van der Waals surface area contributed by atoms with E-state index in [0.29, 0.717) is 12.0 Å². The highest BCUT2D eigenvalue weighted by atomic mass is 15.2. The summed E-state index contributed by atoms with van der Waals surface area (Å²) in [7, 11) is 0. The highest BCUT2D eigenvalue weighted by molar-refractivity contribution is 5.49. The van der Waals surface area contributed by atoms with E-state index in [1.807, 2.05) is 0 Å². The van der Waals surface area contributed by atoms with E-state index >= 15 is 0 Å². The minimum Gasteiger partial charge on any atom is -0.371 e. The predicted octanol–water partition coefficient (Wildman–Crippen LogP) is 3.02. The van der Waals surface area contributed by atoms with Crippen LogP contribution in [0.25, 0.3) is 0 Å². The molecule has 1 heterocycles. The molecule has 2 nitrogen and oxygen atoms in total. The Morgan fingerprint density at radius 1 is 1.35 bits per heavy atom. The first-order chi connectivity index (χ1) is 8.00. The van der Waals surface area contributed by atoms with Crippen LogP contribution >= 0.6 is 0 Å². The third-order valence-electron chi connectivity index (χ3n) is 3.92. The predicted molar refractivity (Wildman–Crippen MR) is 74.1 cm³/mol. The molecule has 1 saturated heterocycles. The van der Waals surface area contributed by atoms with Gasteiger partial charge in [-0.3, -0.25) is 0 Å². The van der Waals surface area contributed by atoms with Crippen molar-refractivity contribution in [1.82, 2.24) is 0 Å². The quantitative estimate of drug-likeness (QED) is 0.849. The van der Waals surface area contributed by atoms with Crippen LogP contribution in [0.3, 0.4) is 0 Å². The Morgan fingerprint density at radius 2 is 2.12 bits per heavy atom. The van der Waals surface area contributed by atoms with Crippen LogP contribution in [0.15, 0.2) is 24.3 Å². The number of rotatable bonds is 2. The zero-order valence-electron chi connectivity index (χ0n) is 11.2. The standard InChI is InChI=1S/C15H24N2/c1-15(2,3)13-7-8-17(11-13)14-6-4-5-12(9-14)10-16/h4-6,9,13H,7-8,10-11,16H2,1-3H3. The Balaban J connectivity index is 2.09. The molecule has 1 aliphatic rings. The number of hydrogen-bond acceptors (Lipinski definition) is 2. The van der Waals surface area contributed by atoms with Crippen LogP contribution in [-0.4, -0.2) is 13.1 Å². The Hall–Kier alpha value is -1.02. The molecule has 1 aliphatic heterocycles. The van der Waals surface area contributed by atoms with E-state index in [1.54, 1.807) is 0 Å². The molecular formula is C15H24N2. The first-order valence-electron chi connectivity index (χ1n) is 6.54. The molecule has 1 aromatic rings. The second kappa shape index (κ2) is 4.69. The first kappa shape index (κ1) is 12.4. The Morgan fingerprint density at radius 3 is 2.71 bits per heavy atom. The molecule has 94 valence electrons. The molecule has 0 spiro atoms. The van der Waals surface area contributed by atoms with Crippen molar-refractivity contribution in [2.24, 2.45) is 17.1 Å². The van der Waals surface area contributed by atoms with Gasteiger partial charge in [-0.25, -0.2) is 0 Å². The van der Waals surface area contributed by atoms with Gasteiger partial charge in [0.1, 0.15) is 0 Å². The summed E-state index contributed by atoms with van der Waals surface area (Å²) >= 11 is 0. The van der Waals surface area contributed by atoms with Crippen molar-refractivity contribution in [2.75, 3.05) is 18.0 Å². The lowest BCUT2D eigenvalue weighted by molar-refractivity contribution is 0.263. The van der Waals surface area contributed by atoms with E-state index < -0.39 is 0 Å². The van der Waals surface area contributed by atoms with Gasteiger partial charge in [-0.05, 0) is 35.4 Å². The van der Waals surface area contributed by atoms with Gasteiger partial charge in [0.05, 0.1) is 0 Å². The number of anilines is 1. The van der Waals surface area contributed by atoms with Crippen LogP contribution in [0, 0.1) is 11.3 Å². The summed E-state index contributed by atoms with van der Waals surface area (Å²) in [6.45, 7) is 10.0. The van der Waals surface area contributed by atoms with Gasteiger partial charge in [0.2, 0.25) is 0 Å². The van der Waals surface area contributed by atoms with Gasteiger partial charge in [0, 0.05) is 25.3 Å². The van der Waals surface area contributed by atoms with Crippen LogP contribution in [0.1, 0.15) is 32.8 Å². The Kier molecular flexibility index (Phi) is 3.43. The topological polar surface area (TPSA) is 29.3 Å². The molecule has 0 saturated carbocycles. The molecule has 2 rings (SSSR count). The monoisotopic (exact) mass is 232 g/mol. The van der Waals surface area contributed by atoms with Crippen molar-refractivity contribution < 1.29 is 0 Å². The van der Waals surface area contributed by atoms with E-state index in [-0.39, 0.29) is 0 Å². The van der Waals surface area contributed by atoms with E-state index in [4.69, 9.17) is 5.73 Å². The van der Waals surface area contributed by atoms with Crippen LogP contribution in [0.4, 0.5) is 5.69 Å². The zero-order valence-corrected chi connectivity index (χ0v) is 11.2. The van der Waals surface area contributed by atoms with Crippen LogP contribution < -0.4 is 10.6 Å². The minimum atomic E-state index is 0.417. The largest absolute Gasteiger partial charge is 0.371 e. The maximum atomic E-state index is 5.70. The number of benzene rings is 1. The summed E-state index contributed by atoms with van der Waals surface area (Å²) in [4.78, 5) is 2.50. The van der Waals surface area contributed by atoms with Gasteiger partial charge in [0.25, 0.3) is 0 Å². The number of nitrogens with zero attached hydrogens (tertiary/aromatic N) is 1. The first-order valence-corrected chi connectivity index (χ1v) is 6.54. The lowest BCUT2D eigenvalue weighted by Crippen LogP contribution is -2.25. The molecule has 2 heteroatoms. The molecule has 0 bridgehead atoms. The molecule has 1 aromatic carbocycles. The van der Waals surface area contributed by atoms with Gasteiger partial charge < -0.3 is 10.6 Å². The normalized spacial score (nSPS) is 20.9. The summed E-state index contributed by atoms with van der Waals surface area (Å²) < 4.78 is 0. The summed E-state index contributed by atoms with van der Waals surface area (Å²) in [5.74, 6) is 0.795. The molecule has 0 radical (unpaired) electrons. The maximum absolute atomic E-state index is 5.70. The van der Waals surface area contributed by atoms with E-state index in [9.17, 15) is 0 Å². The summed E-state index contributed by atoms with van der Waals surface area (Å²) in [5.41, 5.74) is 8.67. The molecule has 17 heavy (non-hydrogen) atoms. The van der Waals surface area contributed by atoms with Gasteiger partial charge >= 0.3 is 0 Å². The second-order valence-corrected chi connectivity index (χ2v) is 6.17. The van der Waals surface area contributed by atoms with E-state index in [0.717, 1.165) is 5.92 Å². The molecule has 0 aliphatic carbocycles. The van der Waals surface area contributed by atoms with Gasteiger partial charge in [-0.1, -0.05) is 32.9 Å². The highest BCUT2D eigenvalue weighted by Gasteiger charge is 2.31. The molecule has 0 amide bonds. The van der Waals surface area contributed by atoms with Crippen LogP contribution in [0.5, 0.6) is 0 Å². The second-order valence-electron chi connectivity index (χ2n) is 6.17. The third kappa shape index (κ3) is 2.81. The molecule has 1 atom stereocenters. The summed E-state index contributed by atoms with van der Waals surface area (Å²) in [5, 5.41) is 0. The summed E-state index contributed by atoms with van der Waals surface area (Å²) in [6.07, 6.45) is 1.30. The van der Waals surface area contributed by atoms with Crippen molar-refractivity contribution in [1.29, 1.82) is 0 Å². The fourth-order valence-corrected chi connectivity index (χ4v) is 2.58. The van der Waals surface area contributed by atoms with Gasteiger partial charge in [-0.15, -0.1) is 0 Å². The number of nitrogens with two attached hydrogens (primary N) is 1. The molecule has 2 N–H and O–H groups in total. The Bertz CT molecular complexity index is 379. The maximum Gasteiger partial charge on any atom is 0.0369 e. The van der Waals surface area contributed by atoms with Crippen LogP contribution in [0.2, 0.25) is 0 Å². The average molecular weight is 232 g/mol. The molecular weight excluding hydrogens is 208 g/mol. The van der Waals surface area contributed by atoms with Crippen molar-refractivity contribution in [3.8, 4) is 0 Å². The average Bonchev–Trinajstić information content (AvgIpc) is 2.78. The fraction of sp³-hybridized carbons (Fsp3) is 0.600. The SMILES string of the molecule is CC(C)(C)C1CCN(c2cccc(CN)c2)C1. The van der Waals surface area contributed by atoms with E-state index in [2.05, 4.69) is 49.9 Å². The van der Waals surface area contributed by atoms with Gasteiger partial charge in [0.15, 0.2) is 0 Å². The fourth-order valence-electron chi connectivity index (χ4n) is 2.58. The Labute approximate surface area is 105 Å². The van der Waals surface area contributed by atoms with Gasteiger partial charge in [-0.2, -0.15) is 0 Å². The third-order valence-corrected chi connectivity index (χ3v) is 3.92. The van der Waals surface area contributed by atoms with E-state index in [1.165, 1.54) is 30.8 Å². The zero-order chi connectivity index (χ0) is 12.5. The molecule has 1 fully saturated rings. The molecule has 1 unspecified atom stereocenters. The smallest absolute Gasteiger partial charge is 0.0369 e.